The Bertz CT molecular complexity index is 289. The van der Waals surface area contributed by atoms with Crippen LogP contribution in [0.1, 0.15) is 5.56 Å². The molecule has 0 heterocycles. The molecule has 4 heteroatoms. The maximum absolute atomic E-state index is 13.0. The summed E-state index contributed by atoms with van der Waals surface area (Å²) in [6.45, 7) is 0.558. The van der Waals surface area contributed by atoms with E-state index in [0.29, 0.717) is 5.56 Å². The summed E-state index contributed by atoms with van der Waals surface area (Å²) in [7, 11) is 0. The number of alkyl halides is 1. The van der Waals surface area contributed by atoms with Gasteiger partial charge in [-0.15, -0.1) is 0 Å². The summed E-state index contributed by atoms with van der Waals surface area (Å²) in [4.78, 5) is 0. The first-order valence-corrected chi connectivity index (χ1v) is 3.68. The highest BCUT2D eigenvalue weighted by molar-refractivity contribution is 6.32. The number of benzene rings is 1. The van der Waals surface area contributed by atoms with E-state index < -0.39 is 12.7 Å². The molecular weight excluding hydrogens is 186 g/mol. The van der Waals surface area contributed by atoms with Crippen LogP contribution in [0.3, 0.4) is 0 Å². The van der Waals surface area contributed by atoms with Crippen molar-refractivity contribution in [2.45, 2.75) is 6.92 Å². The first-order valence-electron chi connectivity index (χ1n) is 3.30. The molecule has 66 valence electrons. The molecule has 0 aliphatic heterocycles. The molecule has 0 saturated carbocycles. The highest BCUT2D eigenvalue weighted by Gasteiger charge is 2.09. The highest BCUT2D eigenvalue weighted by Crippen LogP contribution is 2.28. The molecule has 1 nitrogen and oxygen atoms in total. The van der Waals surface area contributed by atoms with Gasteiger partial charge in [0.1, 0.15) is 16.6 Å². The Morgan fingerprint density at radius 2 is 2.17 bits per heavy atom. The monoisotopic (exact) mass is 192 g/mol. The fraction of sp³-hybridized carbons (Fsp3) is 0.250. The zero-order valence-corrected chi connectivity index (χ0v) is 7.16. The smallest absolute Gasteiger partial charge is 0.228 e. The van der Waals surface area contributed by atoms with E-state index in [1.807, 2.05) is 0 Å². The van der Waals surface area contributed by atoms with Crippen molar-refractivity contribution < 1.29 is 13.5 Å². The lowest BCUT2D eigenvalue weighted by Gasteiger charge is -2.05. The van der Waals surface area contributed by atoms with Crippen molar-refractivity contribution in [3.05, 3.63) is 28.5 Å². The summed E-state index contributed by atoms with van der Waals surface area (Å²) in [5.41, 5.74) is 0.409. The van der Waals surface area contributed by atoms with Gasteiger partial charge in [-0.25, -0.2) is 8.78 Å². The number of halogens is 3. The third kappa shape index (κ3) is 1.67. The number of hydrogen-bond donors (Lipinski definition) is 0. The molecule has 0 atom stereocenters. The molecule has 1 aromatic carbocycles. The van der Waals surface area contributed by atoms with Crippen LogP contribution in [0, 0.1) is 12.7 Å². The Labute approximate surface area is 73.9 Å². The largest absolute Gasteiger partial charge is 0.461 e. The average Bonchev–Trinajstić information content (AvgIpc) is 2.07. The van der Waals surface area contributed by atoms with Crippen LogP contribution in [0.2, 0.25) is 5.02 Å². The van der Waals surface area contributed by atoms with Gasteiger partial charge in [0, 0.05) is 0 Å². The number of ether oxygens (including phenoxy) is 1. The summed E-state index contributed by atoms with van der Waals surface area (Å²) in [5, 5.41) is -0.173. The summed E-state index contributed by atoms with van der Waals surface area (Å²) < 4.78 is 29.1. The Balaban J connectivity index is 3.08. The zero-order valence-electron chi connectivity index (χ0n) is 6.40. The van der Waals surface area contributed by atoms with Crippen LogP contribution in [-0.4, -0.2) is 6.86 Å². The van der Waals surface area contributed by atoms with Crippen LogP contribution < -0.4 is 4.74 Å². The van der Waals surface area contributed by atoms with E-state index in [4.69, 9.17) is 11.6 Å². The molecule has 1 aromatic rings. The second-order valence-corrected chi connectivity index (χ2v) is 2.64. The summed E-state index contributed by atoms with van der Waals surface area (Å²) >= 11 is 5.51. The van der Waals surface area contributed by atoms with Gasteiger partial charge < -0.3 is 4.74 Å². The van der Waals surface area contributed by atoms with Crippen LogP contribution in [0.25, 0.3) is 0 Å². The number of aryl methyl sites for hydroxylation is 1. The Hall–Kier alpha value is -0.830. The predicted octanol–water partition coefficient (Wildman–Crippen LogP) is 3.09. The Kier molecular flexibility index (Phi) is 2.87. The van der Waals surface area contributed by atoms with Gasteiger partial charge in [0.05, 0.1) is 0 Å². The summed E-state index contributed by atoms with van der Waals surface area (Å²) in [6.07, 6.45) is 0. The molecule has 12 heavy (non-hydrogen) atoms. The second kappa shape index (κ2) is 3.72. The molecule has 0 radical (unpaired) electrons. The molecule has 0 spiro atoms. The maximum atomic E-state index is 13.0. The third-order valence-electron chi connectivity index (χ3n) is 1.45. The molecule has 0 amide bonds. The first kappa shape index (κ1) is 9.26. The van der Waals surface area contributed by atoms with Gasteiger partial charge in [-0.3, -0.25) is 0 Å². The molecule has 0 fully saturated rings. The third-order valence-corrected chi connectivity index (χ3v) is 1.80. The van der Waals surface area contributed by atoms with Crippen LogP contribution in [-0.2, 0) is 0 Å². The van der Waals surface area contributed by atoms with Crippen molar-refractivity contribution in [1.29, 1.82) is 0 Å². The van der Waals surface area contributed by atoms with E-state index in [-0.39, 0.29) is 10.8 Å². The molecule has 0 bridgehead atoms. The van der Waals surface area contributed by atoms with Crippen molar-refractivity contribution >= 4 is 11.6 Å². The molecule has 0 saturated heterocycles. The maximum Gasteiger partial charge on any atom is 0.228 e. The average molecular weight is 193 g/mol. The lowest BCUT2D eigenvalue weighted by atomic mass is 10.2. The fourth-order valence-corrected chi connectivity index (χ4v) is 1.07. The lowest BCUT2D eigenvalue weighted by Crippen LogP contribution is -1.93. The topological polar surface area (TPSA) is 9.23 Å². The van der Waals surface area contributed by atoms with Crippen molar-refractivity contribution in [2.75, 3.05) is 6.86 Å². The lowest BCUT2D eigenvalue weighted by molar-refractivity contribution is 0.191. The standard InChI is InChI=1S/C8H7ClF2O/c1-5-2-3-6(12-4-10)7(9)8(5)11/h2-3H,4H2,1H3. The first-order chi connectivity index (χ1) is 5.66. The number of hydrogen-bond acceptors (Lipinski definition) is 1. The van der Waals surface area contributed by atoms with Crippen molar-refractivity contribution in [3.8, 4) is 5.75 Å². The normalized spacial score (nSPS) is 10.0. The second-order valence-electron chi connectivity index (χ2n) is 2.26. The summed E-state index contributed by atoms with van der Waals surface area (Å²) in [5.74, 6) is -0.537. The van der Waals surface area contributed by atoms with Gasteiger partial charge in [-0.1, -0.05) is 17.7 Å². The van der Waals surface area contributed by atoms with Gasteiger partial charge in [-0.05, 0) is 18.6 Å². The van der Waals surface area contributed by atoms with Gasteiger partial charge in [0.25, 0.3) is 0 Å². The Morgan fingerprint density at radius 3 is 2.75 bits per heavy atom. The van der Waals surface area contributed by atoms with Crippen molar-refractivity contribution in [2.24, 2.45) is 0 Å². The SMILES string of the molecule is Cc1ccc(OCF)c(Cl)c1F. The van der Waals surface area contributed by atoms with E-state index in [1.165, 1.54) is 12.1 Å². The number of rotatable bonds is 2. The van der Waals surface area contributed by atoms with Gasteiger partial charge >= 0.3 is 0 Å². The Morgan fingerprint density at radius 1 is 1.50 bits per heavy atom. The predicted molar refractivity (Wildman–Crippen MR) is 42.8 cm³/mol. The minimum Gasteiger partial charge on any atom is -0.461 e. The van der Waals surface area contributed by atoms with E-state index in [1.54, 1.807) is 6.92 Å². The molecule has 0 unspecified atom stereocenters. The van der Waals surface area contributed by atoms with Crippen LogP contribution >= 0.6 is 11.6 Å². The minimum atomic E-state index is -1.01. The van der Waals surface area contributed by atoms with Crippen molar-refractivity contribution in [3.63, 3.8) is 0 Å². The quantitative estimate of drug-likeness (QED) is 0.700. The van der Waals surface area contributed by atoms with Crippen LogP contribution in [0.5, 0.6) is 5.75 Å². The molecule has 0 aliphatic carbocycles. The molecule has 0 aliphatic rings. The molecule has 0 N–H and O–H groups in total. The van der Waals surface area contributed by atoms with Crippen molar-refractivity contribution in [1.82, 2.24) is 0 Å². The van der Waals surface area contributed by atoms with E-state index in [2.05, 4.69) is 4.74 Å². The summed E-state index contributed by atoms with van der Waals surface area (Å²) in [6, 6.07) is 2.91. The fourth-order valence-electron chi connectivity index (χ4n) is 0.799. The molecule has 1 rings (SSSR count). The minimum absolute atomic E-state index is 0.0299. The van der Waals surface area contributed by atoms with Gasteiger partial charge in [0.2, 0.25) is 6.86 Å². The van der Waals surface area contributed by atoms with E-state index in [9.17, 15) is 8.78 Å². The van der Waals surface area contributed by atoms with E-state index >= 15 is 0 Å². The van der Waals surface area contributed by atoms with Crippen LogP contribution in [0.4, 0.5) is 8.78 Å². The van der Waals surface area contributed by atoms with E-state index in [0.717, 1.165) is 0 Å². The van der Waals surface area contributed by atoms with Gasteiger partial charge in [0.15, 0.2) is 0 Å². The zero-order chi connectivity index (χ0) is 9.14. The molecular formula is C8H7ClF2O. The van der Waals surface area contributed by atoms with Gasteiger partial charge in [-0.2, -0.15) is 0 Å². The van der Waals surface area contributed by atoms with Crippen LogP contribution in [0.15, 0.2) is 12.1 Å². The highest BCUT2D eigenvalue weighted by atomic mass is 35.5. The molecule has 0 aromatic heterocycles.